The molecule has 0 radical (unpaired) electrons. The van der Waals surface area contributed by atoms with E-state index in [0.717, 1.165) is 5.57 Å². The molecule has 6 nitrogen and oxygen atoms in total. The molecule has 1 fully saturated rings. The van der Waals surface area contributed by atoms with Crippen LogP contribution in [0.2, 0.25) is 0 Å². The summed E-state index contributed by atoms with van der Waals surface area (Å²) in [7, 11) is 3.19. The van der Waals surface area contributed by atoms with E-state index in [4.69, 9.17) is 5.11 Å². The maximum Gasteiger partial charge on any atom is 0.303 e. The molecular formula is C15H16N2O4S2. The van der Waals surface area contributed by atoms with Gasteiger partial charge in [-0.05, 0) is 23.5 Å². The molecule has 3 rings (SSSR count). The number of carbonyl (C=O) groups excluding carboxylic acids is 2. The molecule has 0 spiro atoms. The number of hydrogen-bond acceptors (Lipinski definition) is 6. The van der Waals surface area contributed by atoms with Gasteiger partial charge in [-0.1, -0.05) is 33.7 Å². The van der Waals surface area contributed by atoms with Crippen molar-refractivity contribution in [3.8, 4) is 0 Å². The fourth-order valence-electron chi connectivity index (χ4n) is 2.78. The minimum absolute atomic E-state index is 0.0626. The zero-order valence-electron chi connectivity index (χ0n) is 12.3. The molecule has 3 aliphatic rings. The van der Waals surface area contributed by atoms with Crippen molar-refractivity contribution < 1.29 is 19.5 Å². The van der Waals surface area contributed by atoms with Gasteiger partial charge in [-0.25, -0.2) is 0 Å². The second-order valence-electron chi connectivity index (χ2n) is 5.38. The van der Waals surface area contributed by atoms with E-state index in [0.29, 0.717) is 6.42 Å². The van der Waals surface area contributed by atoms with E-state index < -0.39 is 5.97 Å². The first-order valence-electron chi connectivity index (χ1n) is 7.31. The van der Waals surface area contributed by atoms with Crippen molar-refractivity contribution >= 4 is 39.4 Å². The van der Waals surface area contributed by atoms with E-state index in [2.05, 4.69) is 0 Å². The monoisotopic (exact) mass is 352 g/mol. The summed E-state index contributed by atoms with van der Waals surface area (Å²) in [6, 6.07) is -0.229. The summed E-state index contributed by atoms with van der Waals surface area (Å²) in [5, 5.41) is 13.8. The van der Waals surface area contributed by atoms with Gasteiger partial charge in [0.25, 0.3) is 0 Å². The topological polar surface area (TPSA) is 77.9 Å². The Balaban J connectivity index is 1.80. The molecule has 23 heavy (non-hydrogen) atoms. The van der Waals surface area contributed by atoms with Gasteiger partial charge in [0.05, 0.1) is 6.04 Å². The summed E-state index contributed by atoms with van der Waals surface area (Å²) in [4.78, 5) is 34.9. The largest absolute Gasteiger partial charge is 0.481 e. The molecule has 0 aromatic rings. The molecule has 1 saturated heterocycles. The van der Waals surface area contributed by atoms with Crippen molar-refractivity contribution in [2.75, 3.05) is 0 Å². The molecule has 1 N–H and O–H groups in total. The zero-order chi connectivity index (χ0) is 16.4. The molecular weight excluding hydrogens is 336 g/mol. The van der Waals surface area contributed by atoms with Crippen molar-refractivity contribution in [1.82, 2.24) is 10.0 Å². The molecule has 0 saturated carbocycles. The first-order chi connectivity index (χ1) is 11.1. The standard InChI is InChI=1S/C15H16N2O4S2/c18-13-5-6-14(19)17(13)16-8-2-1-3-11(16)10-9-22-23-12(10)4-7-15(20)21/h1-3,8-9,11-12H,4-7H2,(H,20,21). The normalized spacial score (nSPS) is 27.0. The summed E-state index contributed by atoms with van der Waals surface area (Å²) in [6.45, 7) is 0. The van der Waals surface area contributed by atoms with Crippen LogP contribution in [-0.2, 0) is 14.4 Å². The molecule has 2 amide bonds. The number of carboxylic acid groups (broad SMARTS) is 1. The molecule has 2 unspecified atom stereocenters. The van der Waals surface area contributed by atoms with Crippen LogP contribution in [0.5, 0.6) is 0 Å². The number of carbonyl (C=O) groups is 3. The average molecular weight is 352 g/mol. The van der Waals surface area contributed by atoms with Crippen LogP contribution in [0, 0.1) is 0 Å². The predicted octanol–water partition coefficient (Wildman–Crippen LogP) is 2.32. The van der Waals surface area contributed by atoms with Crippen LogP contribution < -0.4 is 0 Å². The van der Waals surface area contributed by atoms with Crippen molar-refractivity contribution in [1.29, 1.82) is 0 Å². The highest BCUT2D eigenvalue weighted by Gasteiger charge is 2.39. The summed E-state index contributed by atoms with van der Waals surface area (Å²) in [5.41, 5.74) is 1.04. The van der Waals surface area contributed by atoms with Crippen LogP contribution in [0.4, 0.5) is 0 Å². The van der Waals surface area contributed by atoms with E-state index in [1.165, 1.54) is 5.01 Å². The minimum Gasteiger partial charge on any atom is -0.481 e. The van der Waals surface area contributed by atoms with Gasteiger partial charge in [0.15, 0.2) is 0 Å². The molecule has 0 aromatic carbocycles. The lowest BCUT2D eigenvalue weighted by molar-refractivity contribution is -0.154. The number of hydrazine groups is 1. The molecule has 122 valence electrons. The first kappa shape index (κ1) is 16.2. The number of hydrogen-bond donors (Lipinski definition) is 1. The number of allylic oxidation sites excluding steroid dienone is 2. The van der Waals surface area contributed by atoms with Gasteiger partial charge in [-0.3, -0.25) is 19.4 Å². The van der Waals surface area contributed by atoms with Gasteiger partial charge >= 0.3 is 5.97 Å². The third kappa shape index (κ3) is 3.32. The Morgan fingerprint density at radius 3 is 2.70 bits per heavy atom. The molecule has 3 aliphatic heterocycles. The summed E-state index contributed by atoms with van der Waals surface area (Å²) < 4.78 is 0. The summed E-state index contributed by atoms with van der Waals surface area (Å²) in [5.74, 6) is -1.20. The number of rotatable bonds is 5. The van der Waals surface area contributed by atoms with Crippen molar-refractivity contribution in [2.45, 2.75) is 37.0 Å². The fourth-order valence-corrected chi connectivity index (χ4v) is 5.52. The van der Waals surface area contributed by atoms with Gasteiger partial charge in [-0.2, -0.15) is 5.01 Å². The molecule has 8 heteroatoms. The number of amides is 2. The highest BCUT2D eigenvalue weighted by Crippen LogP contribution is 2.45. The molecule has 3 heterocycles. The van der Waals surface area contributed by atoms with Crippen LogP contribution in [0.15, 0.2) is 35.4 Å². The van der Waals surface area contributed by atoms with Gasteiger partial charge in [0.1, 0.15) is 0 Å². The maximum atomic E-state index is 12.0. The Bertz CT molecular complexity index is 613. The van der Waals surface area contributed by atoms with Gasteiger partial charge in [0, 0.05) is 30.7 Å². The quantitative estimate of drug-likeness (QED) is 0.601. The minimum atomic E-state index is -0.817. The highest BCUT2D eigenvalue weighted by atomic mass is 33.1. The van der Waals surface area contributed by atoms with E-state index in [-0.39, 0.29) is 42.4 Å². The molecule has 0 aliphatic carbocycles. The maximum absolute atomic E-state index is 12.0. The van der Waals surface area contributed by atoms with E-state index in [1.807, 2.05) is 17.6 Å². The Labute approximate surface area is 141 Å². The average Bonchev–Trinajstić information content (AvgIpc) is 3.12. The zero-order valence-corrected chi connectivity index (χ0v) is 13.9. The number of carboxylic acids is 1. The molecule has 0 aromatic heterocycles. The number of aliphatic carboxylic acids is 1. The van der Waals surface area contributed by atoms with E-state index in [9.17, 15) is 14.4 Å². The Morgan fingerprint density at radius 1 is 1.26 bits per heavy atom. The smallest absolute Gasteiger partial charge is 0.303 e. The summed E-state index contributed by atoms with van der Waals surface area (Å²) >= 11 is 0. The molecule has 0 bridgehead atoms. The van der Waals surface area contributed by atoms with Crippen molar-refractivity contribution in [3.05, 3.63) is 35.4 Å². The lowest BCUT2D eigenvalue weighted by atomic mass is 9.99. The van der Waals surface area contributed by atoms with E-state index >= 15 is 0 Å². The SMILES string of the molecule is O=C(O)CCC1SSC=C1C1C=CC=CN1N1C(=O)CCC1=O. The van der Waals surface area contributed by atoms with Crippen LogP contribution in [0.3, 0.4) is 0 Å². The third-order valence-electron chi connectivity index (χ3n) is 3.87. The summed E-state index contributed by atoms with van der Waals surface area (Å²) in [6.07, 6.45) is 8.45. The predicted molar refractivity (Wildman–Crippen MR) is 88.9 cm³/mol. The number of imide groups is 1. The van der Waals surface area contributed by atoms with Crippen LogP contribution >= 0.6 is 21.6 Å². The van der Waals surface area contributed by atoms with Crippen LogP contribution in [0.1, 0.15) is 25.7 Å². The van der Waals surface area contributed by atoms with Gasteiger partial charge in [0.2, 0.25) is 11.8 Å². The second-order valence-corrected chi connectivity index (χ2v) is 7.73. The number of nitrogens with zero attached hydrogens (tertiary/aromatic N) is 2. The van der Waals surface area contributed by atoms with Crippen LogP contribution in [0.25, 0.3) is 0 Å². The lowest BCUT2D eigenvalue weighted by Crippen LogP contribution is -2.49. The third-order valence-corrected chi connectivity index (χ3v) is 6.41. The van der Waals surface area contributed by atoms with Crippen molar-refractivity contribution in [3.63, 3.8) is 0 Å². The van der Waals surface area contributed by atoms with Gasteiger partial charge in [-0.15, -0.1) is 0 Å². The van der Waals surface area contributed by atoms with E-state index in [1.54, 1.807) is 38.9 Å². The first-order valence-corrected chi connectivity index (χ1v) is 9.58. The highest BCUT2D eigenvalue weighted by molar-refractivity contribution is 8.78. The Morgan fingerprint density at radius 2 is 2.00 bits per heavy atom. The fraction of sp³-hybridized carbons (Fsp3) is 0.400. The van der Waals surface area contributed by atoms with Crippen LogP contribution in [-0.4, -0.2) is 44.2 Å². The lowest BCUT2D eigenvalue weighted by Gasteiger charge is -2.37. The Hall–Kier alpha value is -1.67. The molecule has 2 atom stereocenters. The van der Waals surface area contributed by atoms with Crippen molar-refractivity contribution in [2.24, 2.45) is 0 Å². The second kappa shape index (κ2) is 6.84. The van der Waals surface area contributed by atoms with Gasteiger partial charge < -0.3 is 5.11 Å². The Kier molecular flexibility index (Phi) is 4.82.